The third-order valence-electron chi connectivity index (χ3n) is 2.56. The first-order chi connectivity index (χ1) is 7.45. The lowest BCUT2D eigenvalue weighted by molar-refractivity contribution is -0.126. The van der Waals surface area contributed by atoms with E-state index < -0.39 is 10.2 Å². The summed E-state index contributed by atoms with van der Waals surface area (Å²) in [6, 6.07) is 0. The van der Waals surface area contributed by atoms with Crippen molar-refractivity contribution in [2.75, 3.05) is 26.2 Å². The molecule has 0 aromatic heterocycles. The molecule has 94 valence electrons. The summed E-state index contributed by atoms with van der Waals surface area (Å²) in [6.45, 7) is 1.33. The van der Waals surface area contributed by atoms with E-state index in [0.717, 1.165) is 4.31 Å². The maximum Gasteiger partial charge on any atom is 0.276 e. The molecule has 1 saturated heterocycles. The van der Waals surface area contributed by atoms with Gasteiger partial charge in [0.2, 0.25) is 5.91 Å². The highest BCUT2D eigenvalue weighted by Crippen LogP contribution is 2.17. The number of nitrogens with zero attached hydrogens (tertiary/aromatic N) is 1. The molecule has 0 saturated carbocycles. The normalized spacial score (nSPS) is 23.0. The van der Waals surface area contributed by atoms with Gasteiger partial charge >= 0.3 is 0 Å². The van der Waals surface area contributed by atoms with Gasteiger partial charge in [0.15, 0.2) is 0 Å². The first-order valence-electron chi connectivity index (χ1n) is 5.21. The molecule has 1 aliphatic rings. The Morgan fingerprint density at radius 2 is 2.19 bits per heavy atom. The van der Waals surface area contributed by atoms with Gasteiger partial charge in [-0.15, -0.1) is 0 Å². The second-order valence-corrected chi connectivity index (χ2v) is 5.37. The SMILES string of the molecule is NCCNC(=O)C1CCCN(S(N)(=O)=O)C1. The van der Waals surface area contributed by atoms with Crippen molar-refractivity contribution < 1.29 is 13.2 Å². The molecule has 0 radical (unpaired) electrons. The number of rotatable bonds is 4. The zero-order valence-electron chi connectivity index (χ0n) is 9.05. The molecule has 1 aliphatic heterocycles. The molecule has 8 heteroatoms. The number of nitrogens with one attached hydrogen (secondary N) is 1. The van der Waals surface area contributed by atoms with Crippen molar-refractivity contribution in [3.63, 3.8) is 0 Å². The van der Waals surface area contributed by atoms with Crippen LogP contribution in [0.5, 0.6) is 0 Å². The Morgan fingerprint density at radius 3 is 2.75 bits per heavy atom. The van der Waals surface area contributed by atoms with Gasteiger partial charge in [-0.3, -0.25) is 4.79 Å². The Morgan fingerprint density at radius 1 is 1.50 bits per heavy atom. The van der Waals surface area contributed by atoms with E-state index in [2.05, 4.69) is 5.32 Å². The smallest absolute Gasteiger partial charge is 0.276 e. The summed E-state index contributed by atoms with van der Waals surface area (Å²) >= 11 is 0. The third kappa shape index (κ3) is 3.71. The molecule has 1 heterocycles. The molecule has 1 rings (SSSR count). The highest BCUT2D eigenvalue weighted by molar-refractivity contribution is 7.86. The fourth-order valence-electron chi connectivity index (χ4n) is 1.73. The summed E-state index contributed by atoms with van der Waals surface area (Å²) < 4.78 is 23.4. The summed E-state index contributed by atoms with van der Waals surface area (Å²) in [5, 5.41) is 7.67. The maximum absolute atomic E-state index is 11.6. The lowest BCUT2D eigenvalue weighted by Gasteiger charge is -2.29. The van der Waals surface area contributed by atoms with E-state index in [1.165, 1.54) is 0 Å². The van der Waals surface area contributed by atoms with Gasteiger partial charge in [0, 0.05) is 26.2 Å². The average molecular weight is 250 g/mol. The molecular weight excluding hydrogens is 232 g/mol. The first kappa shape index (κ1) is 13.4. The largest absolute Gasteiger partial charge is 0.355 e. The minimum Gasteiger partial charge on any atom is -0.355 e. The van der Waals surface area contributed by atoms with Crippen molar-refractivity contribution in [2.45, 2.75) is 12.8 Å². The molecule has 7 nitrogen and oxygen atoms in total. The number of carbonyl (C=O) groups excluding carboxylic acids is 1. The predicted octanol–water partition coefficient (Wildman–Crippen LogP) is -2.02. The number of nitrogens with two attached hydrogens (primary N) is 2. The molecular formula is C8H18N4O3S. The van der Waals surface area contributed by atoms with E-state index in [4.69, 9.17) is 10.9 Å². The minimum atomic E-state index is -3.68. The van der Waals surface area contributed by atoms with Crippen LogP contribution in [-0.4, -0.2) is 44.8 Å². The van der Waals surface area contributed by atoms with Crippen LogP contribution in [0.25, 0.3) is 0 Å². The first-order valence-corrected chi connectivity index (χ1v) is 6.71. The summed E-state index contributed by atoms with van der Waals surface area (Å²) in [5.74, 6) is -0.475. The van der Waals surface area contributed by atoms with E-state index in [0.29, 0.717) is 32.5 Å². The van der Waals surface area contributed by atoms with Crippen LogP contribution in [0, 0.1) is 5.92 Å². The number of carbonyl (C=O) groups is 1. The van der Waals surface area contributed by atoms with E-state index >= 15 is 0 Å². The predicted molar refractivity (Wildman–Crippen MR) is 59.5 cm³/mol. The molecule has 0 bridgehead atoms. The Bertz CT molecular complexity index is 343. The molecule has 1 unspecified atom stereocenters. The molecule has 1 atom stereocenters. The summed E-state index contributed by atoms with van der Waals surface area (Å²) in [5.41, 5.74) is 5.26. The van der Waals surface area contributed by atoms with E-state index in [1.54, 1.807) is 0 Å². The van der Waals surface area contributed by atoms with Crippen molar-refractivity contribution >= 4 is 16.1 Å². The summed E-state index contributed by atoms with van der Waals surface area (Å²) in [4.78, 5) is 11.6. The average Bonchev–Trinajstić information content (AvgIpc) is 2.25. The fraction of sp³-hybridized carbons (Fsp3) is 0.875. The number of hydrogen-bond acceptors (Lipinski definition) is 4. The molecule has 0 aromatic carbocycles. The molecule has 5 N–H and O–H groups in total. The van der Waals surface area contributed by atoms with Crippen LogP contribution in [0.4, 0.5) is 0 Å². The fourth-order valence-corrected chi connectivity index (χ4v) is 2.50. The van der Waals surface area contributed by atoms with E-state index in [9.17, 15) is 13.2 Å². The van der Waals surface area contributed by atoms with Crippen LogP contribution in [0.3, 0.4) is 0 Å². The van der Waals surface area contributed by atoms with Crippen LogP contribution in [0.15, 0.2) is 0 Å². The quantitative estimate of drug-likeness (QED) is 0.533. The van der Waals surface area contributed by atoms with Crippen LogP contribution < -0.4 is 16.2 Å². The second kappa shape index (κ2) is 5.58. The maximum atomic E-state index is 11.6. The molecule has 0 aliphatic carbocycles. The number of hydrogen-bond donors (Lipinski definition) is 3. The van der Waals surface area contributed by atoms with Gasteiger partial charge in [-0.25, -0.2) is 5.14 Å². The van der Waals surface area contributed by atoms with Gasteiger partial charge in [0.25, 0.3) is 10.2 Å². The highest BCUT2D eigenvalue weighted by Gasteiger charge is 2.30. The zero-order chi connectivity index (χ0) is 12.2. The van der Waals surface area contributed by atoms with Gasteiger partial charge in [-0.1, -0.05) is 0 Å². The Kier molecular flexibility index (Phi) is 4.66. The van der Waals surface area contributed by atoms with Crippen molar-refractivity contribution in [2.24, 2.45) is 16.8 Å². The topological polar surface area (TPSA) is 119 Å². The van der Waals surface area contributed by atoms with Gasteiger partial charge in [-0.05, 0) is 12.8 Å². The number of piperidine rings is 1. The lowest BCUT2D eigenvalue weighted by Crippen LogP contribution is -2.48. The highest BCUT2D eigenvalue weighted by atomic mass is 32.2. The van der Waals surface area contributed by atoms with Crippen LogP contribution in [0.1, 0.15) is 12.8 Å². The summed E-state index contributed by atoms with van der Waals surface area (Å²) in [7, 11) is -3.68. The summed E-state index contributed by atoms with van der Waals surface area (Å²) in [6.07, 6.45) is 1.33. The second-order valence-electron chi connectivity index (χ2n) is 3.82. The van der Waals surface area contributed by atoms with Crippen molar-refractivity contribution in [3.05, 3.63) is 0 Å². The standard InChI is InChI=1S/C8H18N4O3S/c9-3-4-11-8(13)7-2-1-5-12(6-7)16(10,14)15/h7H,1-6,9H2,(H,11,13)(H2,10,14,15). The van der Waals surface area contributed by atoms with Gasteiger partial charge < -0.3 is 11.1 Å². The Labute approximate surface area is 95.3 Å². The molecule has 1 fully saturated rings. The van der Waals surface area contributed by atoms with Gasteiger partial charge in [0.05, 0.1) is 5.92 Å². The van der Waals surface area contributed by atoms with Crippen molar-refractivity contribution in [3.8, 4) is 0 Å². The molecule has 0 aromatic rings. The third-order valence-corrected chi connectivity index (χ3v) is 3.61. The monoisotopic (exact) mass is 250 g/mol. The molecule has 1 amide bonds. The van der Waals surface area contributed by atoms with Crippen molar-refractivity contribution in [1.82, 2.24) is 9.62 Å². The van der Waals surface area contributed by atoms with E-state index in [-0.39, 0.29) is 18.4 Å². The molecule has 0 spiro atoms. The lowest BCUT2D eigenvalue weighted by atomic mass is 9.99. The van der Waals surface area contributed by atoms with E-state index in [1.807, 2.05) is 0 Å². The number of amides is 1. The Hall–Kier alpha value is -0.700. The van der Waals surface area contributed by atoms with Crippen LogP contribution >= 0.6 is 0 Å². The van der Waals surface area contributed by atoms with Crippen LogP contribution in [-0.2, 0) is 15.0 Å². The zero-order valence-corrected chi connectivity index (χ0v) is 9.87. The van der Waals surface area contributed by atoms with Gasteiger partial charge in [0.1, 0.15) is 0 Å². The molecule has 16 heavy (non-hydrogen) atoms. The Balaban J connectivity index is 2.54. The minimum absolute atomic E-state index is 0.154. The van der Waals surface area contributed by atoms with Gasteiger partial charge in [-0.2, -0.15) is 12.7 Å². The van der Waals surface area contributed by atoms with Crippen molar-refractivity contribution in [1.29, 1.82) is 0 Å². The van der Waals surface area contributed by atoms with Crippen LogP contribution in [0.2, 0.25) is 0 Å².